The fraction of sp³-hybridized carbons (Fsp3) is 0. The molecule has 0 aliphatic rings. The lowest BCUT2D eigenvalue weighted by atomic mass is 10.0. The van der Waals surface area contributed by atoms with Gasteiger partial charge in [0.25, 0.3) is 0 Å². The van der Waals surface area contributed by atoms with E-state index in [9.17, 15) is 0 Å². The van der Waals surface area contributed by atoms with Crippen LogP contribution < -0.4 is 4.90 Å². The van der Waals surface area contributed by atoms with E-state index in [1.54, 1.807) is 0 Å². The molecule has 13 aromatic rings. The molecule has 0 fully saturated rings. The zero-order valence-corrected chi connectivity index (χ0v) is 32.2. The topological polar surface area (TPSA) is 42.7 Å². The summed E-state index contributed by atoms with van der Waals surface area (Å²) >= 11 is 0. The van der Waals surface area contributed by atoms with Gasteiger partial charge >= 0.3 is 0 Å². The molecule has 280 valence electrons. The van der Waals surface area contributed by atoms with Crippen LogP contribution in [-0.2, 0) is 0 Å². The predicted molar refractivity (Wildman–Crippen MR) is 249 cm³/mol. The summed E-state index contributed by atoms with van der Waals surface area (Å²) in [6.45, 7) is 0. The van der Waals surface area contributed by atoms with Crippen LogP contribution in [0.25, 0.3) is 110 Å². The highest BCUT2D eigenvalue weighted by Gasteiger charge is 2.20. The van der Waals surface area contributed by atoms with Crippen LogP contribution in [0.1, 0.15) is 0 Å². The fourth-order valence-electron chi connectivity index (χ4n) is 9.29. The van der Waals surface area contributed by atoms with Gasteiger partial charge in [-0.15, -0.1) is 0 Å². The summed E-state index contributed by atoms with van der Waals surface area (Å²) < 4.78 is 19.6. The van der Waals surface area contributed by atoms with Crippen LogP contribution in [0.4, 0.5) is 17.1 Å². The third-order valence-corrected chi connectivity index (χ3v) is 12.2. The van der Waals surface area contributed by atoms with E-state index in [0.717, 1.165) is 110 Å². The first kappa shape index (κ1) is 32.9. The maximum Gasteiger partial charge on any atom is 0.147 e. The second-order valence-corrected chi connectivity index (χ2v) is 15.7. The first-order valence-corrected chi connectivity index (χ1v) is 20.3. The highest BCUT2D eigenvalue weighted by molar-refractivity contribution is 6.24. The second-order valence-electron chi connectivity index (χ2n) is 15.7. The number of anilines is 3. The third kappa shape index (κ3) is 5.04. The van der Waals surface area contributed by atoms with Gasteiger partial charge in [-0.05, 0) is 117 Å². The highest BCUT2D eigenvalue weighted by atomic mass is 16.3. The average molecular weight is 768 g/mol. The third-order valence-electron chi connectivity index (χ3n) is 12.2. The van der Waals surface area contributed by atoms with Gasteiger partial charge in [0.05, 0.1) is 5.39 Å². The van der Waals surface area contributed by atoms with Gasteiger partial charge in [0.15, 0.2) is 0 Å². The van der Waals surface area contributed by atoms with Gasteiger partial charge in [0.2, 0.25) is 0 Å². The number of rotatable bonds is 5. The summed E-state index contributed by atoms with van der Waals surface area (Å²) in [5.74, 6) is 0. The molecular weight excluding hydrogens is 735 g/mol. The molecular formula is C56H33NO3. The largest absolute Gasteiger partial charge is 0.456 e. The minimum Gasteiger partial charge on any atom is -0.456 e. The summed E-state index contributed by atoms with van der Waals surface area (Å²) in [4.78, 5) is 2.33. The van der Waals surface area contributed by atoms with Gasteiger partial charge < -0.3 is 18.2 Å². The van der Waals surface area contributed by atoms with Crippen molar-refractivity contribution in [3.63, 3.8) is 0 Å². The molecule has 0 radical (unpaired) electrons. The SMILES string of the molecule is c1ccc(-c2ccc(N(c3ccc(-c4cccc5c4oc4ccccc45)cc3)c3ccc4cc5oc6ccc7c8cc9ccccc9cc8oc7c6c5cc4c3)cc2)cc1. The number of furan rings is 3. The van der Waals surface area contributed by atoms with E-state index >= 15 is 0 Å². The van der Waals surface area contributed by atoms with Crippen molar-refractivity contribution in [1.82, 2.24) is 0 Å². The molecule has 13 rings (SSSR count). The molecule has 0 saturated heterocycles. The number of para-hydroxylation sites is 2. The van der Waals surface area contributed by atoms with Crippen molar-refractivity contribution in [1.29, 1.82) is 0 Å². The molecule has 0 bridgehead atoms. The molecule has 0 N–H and O–H groups in total. The van der Waals surface area contributed by atoms with Crippen molar-refractivity contribution in [3.8, 4) is 22.3 Å². The van der Waals surface area contributed by atoms with Gasteiger partial charge in [0, 0.05) is 49.6 Å². The smallest absolute Gasteiger partial charge is 0.147 e. The van der Waals surface area contributed by atoms with E-state index in [2.05, 4.69) is 193 Å². The van der Waals surface area contributed by atoms with Crippen molar-refractivity contribution in [2.24, 2.45) is 0 Å². The summed E-state index contributed by atoms with van der Waals surface area (Å²) in [6, 6.07) is 70.9. The zero-order chi connectivity index (χ0) is 39.3. The standard InChI is InChI=1S/C56H33NO3/c1-2-9-34(10-3-1)35-17-22-41(23-18-35)57(42-24-19-36(20-25-42)44-14-8-15-46-45-13-6-7-16-50(45)59-55(44)46)43-26-21-39-33-53-49(31-40(39)29-43)54-51(58-53)28-27-47-48-30-37-11-4-5-12-38(37)32-52(48)60-56(47)54/h1-33H. The number of nitrogens with zero attached hydrogens (tertiary/aromatic N) is 1. The lowest BCUT2D eigenvalue weighted by Crippen LogP contribution is -2.09. The highest BCUT2D eigenvalue weighted by Crippen LogP contribution is 2.44. The van der Waals surface area contributed by atoms with Crippen molar-refractivity contribution < 1.29 is 13.3 Å². The molecule has 60 heavy (non-hydrogen) atoms. The van der Waals surface area contributed by atoms with Crippen LogP contribution in [0.15, 0.2) is 213 Å². The quantitative estimate of drug-likeness (QED) is 0.175. The Hall–Kier alpha value is -8.08. The first-order chi connectivity index (χ1) is 29.7. The zero-order valence-electron chi connectivity index (χ0n) is 32.2. The Labute approximate surface area is 343 Å². The molecule has 0 aliphatic heterocycles. The average Bonchev–Trinajstić information content (AvgIpc) is 3.99. The molecule has 0 unspecified atom stereocenters. The molecule has 0 atom stereocenters. The fourth-order valence-corrected chi connectivity index (χ4v) is 9.29. The van der Waals surface area contributed by atoms with Crippen molar-refractivity contribution in [3.05, 3.63) is 200 Å². The van der Waals surface area contributed by atoms with Gasteiger partial charge in [-0.2, -0.15) is 0 Å². The number of hydrogen-bond donors (Lipinski definition) is 0. The summed E-state index contributed by atoms with van der Waals surface area (Å²) in [7, 11) is 0. The molecule has 0 spiro atoms. The molecule has 4 heteroatoms. The lowest BCUT2D eigenvalue weighted by molar-refractivity contribution is 0.663. The maximum atomic E-state index is 6.68. The van der Waals surface area contributed by atoms with Crippen LogP contribution in [0, 0.1) is 0 Å². The van der Waals surface area contributed by atoms with E-state index in [4.69, 9.17) is 13.3 Å². The Kier molecular flexibility index (Phi) is 6.98. The van der Waals surface area contributed by atoms with Crippen molar-refractivity contribution in [2.45, 2.75) is 0 Å². The van der Waals surface area contributed by atoms with E-state index in [-0.39, 0.29) is 0 Å². The summed E-state index contributed by atoms with van der Waals surface area (Å²) in [5, 5.41) is 11.1. The predicted octanol–water partition coefficient (Wildman–Crippen LogP) is 16.5. The molecule has 0 saturated carbocycles. The van der Waals surface area contributed by atoms with Crippen LogP contribution in [-0.4, -0.2) is 0 Å². The van der Waals surface area contributed by atoms with Gasteiger partial charge in [-0.3, -0.25) is 0 Å². The monoisotopic (exact) mass is 767 g/mol. The Bertz CT molecular complexity index is 3820. The first-order valence-electron chi connectivity index (χ1n) is 20.3. The van der Waals surface area contributed by atoms with Crippen LogP contribution in [0.5, 0.6) is 0 Å². The van der Waals surface area contributed by atoms with Gasteiger partial charge in [0.1, 0.15) is 33.5 Å². The van der Waals surface area contributed by atoms with E-state index in [0.29, 0.717) is 0 Å². The number of fused-ring (bicyclic) bond motifs is 12. The number of benzene rings is 10. The molecule has 4 nitrogen and oxygen atoms in total. The molecule has 10 aromatic carbocycles. The van der Waals surface area contributed by atoms with Crippen LogP contribution in [0.2, 0.25) is 0 Å². The summed E-state index contributed by atoms with van der Waals surface area (Å²) in [6.07, 6.45) is 0. The van der Waals surface area contributed by atoms with Crippen LogP contribution in [0.3, 0.4) is 0 Å². The second kappa shape index (κ2) is 12.7. The molecule has 0 aliphatic carbocycles. The lowest BCUT2D eigenvalue weighted by Gasteiger charge is -2.26. The number of hydrogen-bond acceptors (Lipinski definition) is 4. The Morgan fingerprint density at radius 2 is 0.883 bits per heavy atom. The Morgan fingerprint density at radius 3 is 1.70 bits per heavy atom. The van der Waals surface area contributed by atoms with Gasteiger partial charge in [-0.25, -0.2) is 0 Å². The molecule has 3 heterocycles. The molecule has 0 amide bonds. The van der Waals surface area contributed by atoms with Crippen molar-refractivity contribution >= 4 is 104 Å². The van der Waals surface area contributed by atoms with Crippen molar-refractivity contribution in [2.75, 3.05) is 4.90 Å². The minimum absolute atomic E-state index is 0.815. The Morgan fingerprint density at radius 1 is 0.283 bits per heavy atom. The van der Waals surface area contributed by atoms with E-state index < -0.39 is 0 Å². The minimum atomic E-state index is 0.815. The van der Waals surface area contributed by atoms with E-state index in [1.807, 2.05) is 12.1 Å². The normalized spacial score (nSPS) is 12.0. The summed E-state index contributed by atoms with van der Waals surface area (Å²) in [5.41, 5.74) is 12.9. The van der Waals surface area contributed by atoms with E-state index in [1.165, 1.54) is 16.5 Å². The van der Waals surface area contributed by atoms with Gasteiger partial charge in [-0.1, -0.05) is 121 Å². The Balaban J connectivity index is 0.963. The van der Waals surface area contributed by atoms with Crippen LogP contribution >= 0.6 is 0 Å². The molecule has 3 aromatic heterocycles. The maximum absolute atomic E-state index is 6.68.